The van der Waals surface area contributed by atoms with Gasteiger partial charge >= 0.3 is 6.61 Å². The number of benzene rings is 2. The summed E-state index contributed by atoms with van der Waals surface area (Å²) in [5.41, 5.74) is 0.521. The van der Waals surface area contributed by atoms with Gasteiger partial charge in [-0.3, -0.25) is 4.79 Å². The van der Waals surface area contributed by atoms with Crippen molar-refractivity contribution in [3.63, 3.8) is 0 Å². The SMILES string of the molecule is COc1ccc(C(=O)N2CCC(c3ccccc3)S2(=O)=O)cc1OC(F)F. The first-order valence-electron chi connectivity index (χ1n) is 8.08. The smallest absolute Gasteiger partial charge is 0.387 e. The van der Waals surface area contributed by atoms with Crippen LogP contribution in [0.4, 0.5) is 8.78 Å². The van der Waals surface area contributed by atoms with Crippen molar-refractivity contribution >= 4 is 15.9 Å². The van der Waals surface area contributed by atoms with Gasteiger partial charge in [0.25, 0.3) is 5.91 Å². The predicted octanol–water partition coefficient (Wildman–Crippen LogP) is 3.21. The first kappa shape index (κ1) is 19.1. The molecule has 0 bridgehead atoms. The summed E-state index contributed by atoms with van der Waals surface area (Å²) in [6.07, 6.45) is 0.259. The topological polar surface area (TPSA) is 72.9 Å². The van der Waals surface area contributed by atoms with Crippen LogP contribution >= 0.6 is 0 Å². The van der Waals surface area contributed by atoms with Crippen LogP contribution in [-0.4, -0.2) is 38.9 Å². The standard InChI is InChI=1S/C18H17F2NO5S/c1-25-14-8-7-13(11-15(14)26-18(19)20)17(22)21-10-9-16(27(21,23)24)12-5-3-2-4-6-12/h2-8,11,16,18H,9-10H2,1H3. The Morgan fingerprint density at radius 1 is 1.15 bits per heavy atom. The molecule has 0 aromatic heterocycles. The molecule has 0 aliphatic carbocycles. The summed E-state index contributed by atoms with van der Waals surface area (Å²) in [7, 11) is -2.65. The van der Waals surface area contributed by atoms with Gasteiger partial charge in [0.05, 0.1) is 7.11 Å². The van der Waals surface area contributed by atoms with Crippen LogP contribution in [0.1, 0.15) is 27.6 Å². The Morgan fingerprint density at radius 2 is 1.85 bits per heavy atom. The van der Waals surface area contributed by atoms with Crippen molar-refractivity contribution in [2.45, 2.75) is 18.3 Å². The van der Waals surface area contributed by atoms with Crippen LogP contribution in [0.25, 0.3) is 0 Å². The molecule has 3 rings (SSSR count). The maximum Gasteiger partial charge on any atom is 0.387 e. The molecule has 27 heavy (non-hydrogen) atoms. The first-order chi connectivity index (χ1) is 12.8. The van der Waals surface area contributed by atoms with E-state index in [1.165, 1.54) is 19.2 Å². The molecule has 1 saturated heterocycles. The van der Waals surface area contributed by atoms with Crippen molar-refractivity contribution in [3.8, 4) is 11.5 Å². The average Bonchev–Trinajstić information content (AvgIpc) is 2.96. The molecule has 0 saturated carbocycles. The van der Waals surface area contributed by atoms with E-state index in [9.17, 15) is 22.0 Å². The molecule has 1 aliphatic heterocycles. The number of rotatable bonds is 5. The summed E-state index contributed by atoms with van der Waals surface area (Å²) in [6.45, 7) is -3.10. The van der Waals surface area contributed by atoms with E-state index < -0.39 is 27.8 Å². The van der Waals surface area contributed by atoms with Crippen LogP contribution in [-0.2, 0) is 10.0 Å². The summed E-state index contributed by atoms with van der Waals surface area (Å²) in [6, 6.07) is 12.3. The fourth-order valence-electron chi connectivity index (χ4n) is 3.03. The van der Waals surface area contributed by atoms with Gasteiger partial charge in [0.1, 0.15) is 5.25 Å². The van der Waals surface area contributed by atoms with E-state index in [1.807, 2.05) is 0 Å². The van der Waals surface area contributed by atoms with E-state index >= 15 is 0 Å². The van der Waals surface area contributed by atoms with Crippen molar-refractivity contribution in [2.24, 2.45) is 0 Å². The van der Waals surface area contributed by atoms with Crippen molar-refractivity contribution in [2.75, 3.05) is 13.7 Å². The monoisotopic (exact) mass is 397 g/mol. The molecule has 0 N–H and O–H groups in total. The molecule has 1 amide bonds. The number of alkyl halides is 2. The summed E-state index contributed by atoms with van der Waals surface area (Å²) in [4.78, 5) is 12.7. The second-order valence-electron chi connectivity index (χ2n) is 5.85. The van der Waals surface area contributed by atoms with Gasteiger partial charge in [-0.1, -0.05) is 30.3 Å². The van der Waals surface area contributed by atoms with Gasteiger partial charge in [-0.25, -0.2) is 12.7 Å². The molecule has 1 fully saturated rings. The minimum Gasteiger partial charge on any atom is -0.493 e. The largest absolute Gasteiger partial charge is 0.493 e. The molecule has 2 aromatic rings. The number of halogens is 2. The third-order valence-corrected chi connectivity index (χ3v) is 6.48. The van der Waals surface area contributed by atoms with Gasteiger partial charge in [0.2, 0.25) is 10.0 Å². The molecule has 0 radical (unpaired) electrons. The molecule has 0 spiro atoms. The Labute approximate surface area is 155 Å². The minimum atomic E-state index is -3.92. The highest BCUT2D eigenvalue weighted by Gasteiger charge is 2.42. The second kappa shape index (κ2) is 7.51. The van der Waals surface area contributed by atoms with E-state index in [0.29, 0.717) is 5.56 Å². The van der Waals surface area contributed by atoms with Gasteiger partial charge in [-0.05, 0) is 30.2 Å². The van der Waals surface area contributed by atoms with Crippen molar-refractivity contribution in [1.29, 1.82) is 0 Å². The van der Waals surface area contributed by atoms with E-state index in [0.717, 1.165) is 10.4 Å². The summed E-state index contributed by atoms with van der Waals surface area (Å²) >= 11 is 0. The summed E-state index contributed by atoms with van der Waals surface area (Å²) < 4.78 is 60.8. The normalized spacial score (nSPS) is 18.5. The maximum absolute atomic E-state index is 12.8. The van der Waals surface area contributed by atoms with Crippen LogP contribution in [0, 0.1) is 0 Å². The fraction of sp³-hybridized carbons (Fsp3) is 0.278. The Morgan fingerprint density at radius 3 is 2.48 bits per heavy atom. The zero-order valence-electron chi connectivity index (χ0n) is 14.3. The van der Waals surface area contributed by atoms with Gasteiger partial charge in [0, 0.05) is 12.1 Å². The number of methoxy groups -OCH3 is 1. The fourth-order valence-corrected chi connectivity index (χ4v) is 4.94. The lowest BCUT2D eigenvalue weighted by Crippen LogP contribution is -2.33. The predicted molar refractivity (Wildman–Crippen MR) is 93.4 cm³/mol. The Balaban J connectivity index is 1.90. The summed E-state index contributed by atoms with van der Waals surface area (Å²) in [5, 5.41) is -0.822. The average molecular weight is 397 g/mol. The zero-order valence-corrected chi connectivity index (χ0v) is 15.2. The minimum absolute atomic E-state index is 0.0117. The van der Waals surface area contributed by atoms with E-state index in [4.69, 9.17) is 4.74 Å². The molecule has 1 aliphatic rings. The number of hydrogen-bond acceptors (Lipinski definition) is 5. The third-order valence-electron chi connectivity index (χ3n) is 4.29. The number of ether oxygens (including phenoxy) is 2. The molecule has 1 atom stereocenters. The van der Waals surface area contributed by atoms with Gasteiger partial charge in [-0.2, -0.15) is 8.78 Å². The van der Waals surface area contributed by atoms with Crippen molar-refractivity contribution in [3.05, 3.63) is 59.7 Å². The number of sulfonamides is 1. The van der Waals surface area contributed by atoms with Crippen molar-refractivity contribution in [1.82, 2.24) is 4.31 Å². The van der Waals surface area contributed by atoms with Crippen LogP contribution in [0.5, 0.6) is 11.5 Å². The highest BCUT2D eigenvalue weighted by Crippen LogP contribution is 2.37. The Kier molecular flexibility index (Phi) is 5.31. The molecule has 1 unspecified atom stereocenters. The molecular weight excluding hydrogens is 380 g/mol. The van der Waals surface area contributed by atoms with Gasteiger partial charge in [0.15, 0.2) is 11.5 Å². The van der Waals surface area contributed by atoms with E-state index in [2.05, 4.69) is 4.74 Å². The van der Waals surface area contributed by atoms with Crippen LogP contribution in [0.15, 0.2) is 48.5 Å². The van der Waals surface area contributed by atoms with Gasteiger partial charge in [-0.15, -0.1) is 0 Å². The van der Waals surface area contributed by atoms with E-state index in [-0.39, 0.29) is 30.0 Å². The lowest BCUT2D eigenvalue weighted by Gasteiger charge is -2.18. The Hall–Kier alpha value is -2.68. The second-order valence-corrected chi connectivity index (χ2v) is 7.89. The number of carbonyl (C=O) groups is 1. The van der Waals surface area contributed by atoms with Crippen LogP contribution in [0.3, 0.4) is 0 Å². The van der Waals surface area contributed by atoms with Gasteiger partial charge < -0.3 is 9.47 Å². The number of carbonyl (C=O) groups excluding carboxylic acids is 1. The molecule has 144 valence electrons. The lowest BCUT2D eigenvalue weighted by molar-refractivity contribution is -0.0512. The third kappa shape index (κ3) is 3.73. The summed E-state index contributed by atoms with van der Waals surface area (Å²) in [5.74, 6) is -1.12. The van der Waals surface area contributed by atoms with Crippen LogP contribution in [0.2, 0.25) is 0 Å². The number of amides is 1. The van der Waals surface area contributed by atoms with Crippen molar-refractivity contribution < 1.29 is 31.5 Å². The Bertz CT molecular complexity index is 934. The molecule has 2 aromatic carbocycles. The highest BCUT2D eigenvalue weighted by atomic mass is 32.2. The highest BCUT2D eigenvalue weighted by molar-refractivity contribution is 7.90. The molecule has 9 heteroatoms. The number of nitrogens with zero attached hydrogens (tertiary/aromatic N) is 1. The quantitative estimate of drug-likeness (QED) is 0.775. The lowest BCUT2D eigenvalue weighted by atomic mass is 10.1. The first-order valence-corrected chi connectivity index (χ1v) is 9.58. The molecule has 1 heterocycles. The van der Waals surface area contributed by atoms with E-state index in [1.54, 1.807) is 30.3 Å². The molecule has 6 nitrogen and oxygen atoms in total. The zero-order chi connectivity index (χ0) is 19.6. The number of hydrogen-bond donors (Lipinski definition) is 0. The molecular formula is C18H17F2NO5S. The van der Waals surface area contributed by atoms with Crippen LogP contribution < -0.4 is 9.47 Å². The maximum atomic E-state index is 12.8.